The molecule has 1 N–H and O–H groups in total. The molecule has 13 heteroatoms. The van der Waals surface area contributed by atoms with E-state index in [0.717, 1.165) is 28.2 Å². The van der Waals surface area contributed by atoms with Gasteiger partial charge in [-0.25, -0.2) is 4.79 Å². The van der Waals surface area contributed by atoms with Crippen molar-refractivity contribution in [1.82, 2.24) is 20.0 Å². The molecule has 0 bridgehead atoms. The molecule has 0 aliphatic carbocycles. The van der Waals surface area contributed by atoms with Crippen LogP contribution in [0.1, 0.15) is 50.3 Å². The quantitative estimate of drug-likeness (QED) is 0.292. The average molecular weight is 635 g/mol. The van der Waals surface area contributed by atoms with Gasteiger partial charge in [-0.3, -0.25) is 19.6 Å². The van der Waals surface area contributed by atoms with E-state index in [-0.39, 0.29) is 34.4 Å². The van der Waals surface area contributed by atoms with Crippen molar-refractivity contribution in [2.24, 2.45) is 5.92 Å². The van der Waals surface area contributed by atoms with Crippen molar-refractivity contribution in [2.75, 3.05) is 19.6 Å². The van der Waals surface area contributed by atoms with E-state index in [2.05, 4.69) is 10.2 Å². The number of aromatic amines is 1. The first-order chi connectivity index (χ1) is 20.2. The summed E-state index contributed by atoms with van der Waals surface area (Å²) >= 11 is 6.63. The van der Waals surface area contributed by atoms with Crippen LogP contribution in [0.25, 0.3) is 16.5 Å². The second-order valence-corrected chi connectivity index (χ2v) is 13.0. The van der Waals surface area contributed by atoms with E-state index in [4.69, 9.17) is 16.3 Å². The fourth-order valence-corrected chi connectivity index (χ4v) is 6.35. The van der Waals surface area contributed by atoms with E-state index in [1.165, 1.54) is 12.1 Å². The minimum atomic E-state index is -4.67. The lowest BCUT2D eigenvalue weighted by Gasteiger charge is -2.34. The van der Waals surface area contributed by atoms with E-state index in [1.54, 1.807) is 50.1 Å². The first-order valence-corrected chi connectivity index (χ1v) is 14.9. The molecule has 0 atom stereocenters. The Labute approximate surface area is 255 Å². The number of amides is 3. The van der Waals surface area contributed by atoms with Crippen LogP contribution in [0.4, 0.5) is 22.8 Å². The predicted octanol–water partition coefficient (Wildman–Crippen LogP) is 7.53. The second-order valence-electron chi connectivity index (χ2n) is 11.7. The van der Waals surface area contributed by atoms with Gasteiger partial charge in [0.05, 0.1) is 22.2 Å². The number of hydrogen-bond acceptors (Lipinski definition) is 6. The summed E-state index contributed by atoms with van der Waals surface area (Å²) in [5.41, 5.74) is -0.0564. The number of carbonyl (C=O) groups is 3. The number of hydrogen-bond donors (Lipinski definition) is 1. The van der Waals surface area contributed by atoms with Crippen molar-refractivity contribution in [3.63, 3.8) is 0 Å². The van der Waals surface area contributed by atoms with E-state index in [1.807, 2.05) is 0 Å². The van der Waals surface area contributed by atoms with Gasteiger partial charge >= 0.3 is 12.3 Å². The highest BCUT2D eigenvalue weighted by Gasteiger charge is 2.40. The van der Waals surface area contributed by atoms with Crippen LogP contribution in [-0.4, -0.2) is 62.5 Å². The van der Waals surface area contributed by atoms with Crippen LogP contribution in [0.15, 0.2) is 47.5 Å². The molecule has 3 heterocycles. The number of piperidine rings is 1. The summed E-state index contributed by atoms with van der Waals surface area (Å²) in [6, 6.07) is 8.69. The van der Waals surface area contributed by atoms with Crippen LogP contribution >= 0.6 is 23.4 Å². The van der Waals surface area contributed by atoms with Crippen LogP contribution in [0.2, 0.25) is 5.02 Å². The summed E-state index contributed by atoms with van der Waals surface area (Å²) in [7, 11) is 0. The molecule has 3 aromatic rings. The number of imide groups is 1. The van der Waals surface area contributed by atoms with Crippen molar-refractivity contribution < 1.29 is 32.3 Å². The van der Waals surface area contributed by atoms with Crippen LogP contribution < -0.4 is 0 Å². The molecule has 2 aliphatic heterocycles. The van der Waals surface area contributed by atoms with Gasteiger partial charge in [-0.2, -0.15) is 18.3 Å². The van der Waals surface area contributed by atoms with Crippen molar-refractivity contribution in [3.8, 4) is 0 Å². The fraction of sp³-hybridized carbons (Fsp3) is 0.400. The predicted molar refractivity (Wildman–Crippen MR) is 158 cm³/mol. The lowest BCUT2D eigenvalue weighted by atomic mass is 9.93. The Morgan fingerprint density at radius 2 is 1.84 bits per heavy atom. The molecule has 2 fully saturated rings. The zero-order valence-electron chi connectivity index (χ0n) is 23.8. The molecule has 0 spiro atoms. The highest BCUT2D eigenvalue weighted by atomic mass is 35.5. The summed E-state index contributed by atoms with van der Waals surface area (Å²) in [5, 5.41) is 7.00. The number of benzene rings is 2. The SMILES string of the molecule is CC(C)(C)OC(=O)N1CCC(CN2C(=O)S/C(=C(/Cc3ccc(Cl)cc3C(F)(F)F)c3ccc4[nH]ncc4c3)C2=O)CC1. The summed E-state index contributed by atoms with van der Waals surface area (Å²) in [5.74, 6) is -0.584. The van der Waals surface area contributed by atoms with Gasteiger partial charge in [-0.05, 0) is 98.7 Å². The Balaban J connectivity index is 1.43. The monoisotopic (exact) mass is 634 g/mol. The third-order valence-electron chi connectivity index (χ3n) is 7.36. The Morgan fingerprint density at radius 1 is 1.12 bits per heavy atom. The lowest BCUT2D eigenvalue weighted by Crippen LogP contribution is -2.44. The van der Waals surface area contributed by atoms with E-state index < -0.39 is 34.6 Å². The number of nitrogens with one attached hydrogen (secondary N) is 1. The van der Waals surface area contributed by atoms with Gasteiger partial charge in [0, 0.05) is 30.0 Å². The van der Waals surface area contributed by atoms with Gasteiger partial charge < -0.3 is 9.64 Å². The Bertz CT molecular complexity index is 1610. The van der Waals surface area contributed by atoms with Crippen LogP contribution in [0.5, 0.6) is 0 Å². The number of nitrogens with zero attached hydrogens (tertiary/aromatic N) is 3. The van der Waals surface area contributed by atoms with Gasteiger partial charge in [-0.15, -0.1) is 0 Å². The van der Waals surface area contributed by atoms with Gasteiger partial charge in [0.2, 0.25) is 0 Å². The first-order valence-electron chi connectivity index (χ1n) is 13.7. The molecule has 8 nitrogen and oxygen atoms in total. The van der Waals surface area contributed by atoms with Crippen molar-refractivity contribution in [1.29, 1.82) is 0 Å². The number of H-pyrrole nitrogens is 1. The minimum absolute atomic E-state index is 0.0367. The number of likely N-dealkylation sites (tertiary alicyclic amines) is 1. The molecular weight excluding hydrogens is 605 g/mol. The maximum atomic E-state index is 14.0. The van der Waals surface area contributed by atoms with Crippen LogP contribution in [0, 0.1) is 5.92 Å². The number of fused-ring (bicyclic) bond motifs is 1. The van der Waals surface area contributed by atoms with Crippen molar-refractivity contribution in [3.05, 3.63) is 69.2 Å². The molecule has 2 aliphatic rings. The molecule has 0 saturated carbocycles. The maximum absolute atomic E-state index is 14.0. The summed E-state index contributed by atoms with van der Waals surface area (Å²) < 4.78 is 47.4. The zero-order chi connectivity index (χ0) is 31.1. The molecule has 3 amide bonds. The summed E-state index contributed by atoms with van der Waals surface area (Å²) in [6.07, 6.45) is -2.60. The number of halogens is 4. The number of thioether (sulfide) groups is 1. The fourth-order valence-electron chi connectivity index (χ4n) is 5.22. The molecule has 5 rings (SSSR count). The topological polar surface area (TPSA) is 95.6 Å². The second kappa shape index (κ2) is 11.9. The van der Waals surface area contributed by atoms with Crippen molar-refractivity contribution in [2.45, 2.75) is 51.8 Å². The standard InChI is InChI=1S/C30H30ClF3N4O4S/c1-29(2,3)42-27(40)37-10-8-17(9-11-37)16-38-26(39)25(43-28(38)41)22(18-5-7-24-20(12-18)15-35-36-24)13-19-4-6-21(31)14-23(19)30(32,33)34/h4-7,12,14-15,17H,8-11,13,16H2,1-3H3,(H,35,36)/b25-22-. The van der Waals surface area contributed by atoms with Crippen LogP contribution in [-0.2, 0) is 22.1 Å². The molecule has 2 aromatic carbocycles. The Kier molecular flexibility index (Phi) is 8.54. The van der Waals surface area contributed by atoms with Crippen LogP contribution in [0.3, 0.4) is 0 Å². The van der Waals surface area contributed by atoms with E-state index >= 15 is 0 Å². The summed E-state index contributed by atoms with van der Waals surface area (Å²) in [4.78, 5) is 42.2. The largest absolute Gasteiger partial charge is 0.444 e. The molecule has 1 aromatic heterocycles. The molecule has 0 unspecified atom stereocenters. The number of carbonyl (C=O) groups excluding carboxylic acids is 3. The Hall–Kier alpha value is -3.51. The summed E-state index contributed by atoms with van der Waals surface area (Å²) in [6.45, 7) is 6.39. The van der Waals surface area contributed by atoms with Crippen molar-refractivity contribution >= 4 is 57.1 Å². The van der Waals surface area contributed by atoms with Gasteiger partial charge in [0.15, 0.2) is 0 Å². The lowest BCUT2D eigenvalue weighted by molar-refractivity contribution is -0.138. The third-order valence-corrected chi connectivity index (χ3v) is 8.62. The first kappa shape index (κ1) is 30.9. The smallest absolute Gasteiger partial charge is 0.416 e. The molecule has 2 saturated heterocycles. The average Bonchev–Trinajstić information content (AvgIpc) is 3.51. The molecule has 0 radical (unpaired) electrons. The van der Waals surface area contributed by atoms with Gasteiger partial charge in [0.25, 0.3) is 11.1 Å². The number of alkyl halides is 3. The molecule has 228 valence electrons. The highest BCUT2D eigenvalue weighted by Crippen LogP contribution is 2.42. The molecular formula is C30H30ClF3N4O4S. The zero-order valence-corrected chi connectivity index (χ0v) is 25.3. The normalized spacial score (nSPS) is 18.1. The van der Waals surface area contributed by atoms with Gasteiger partial charge in [-0.1, -0.05) is 23.7 Å². The maximum Gasteiger partial charge on any atom is 0.416 e. The van der Waals surface area contributed by atoms with Gasteiger partial charge in [0.1, 0.15) is 5.60 Å². The highest BCUT2D eigenvalue weighted by molar-refractivity contribution is 8.18. The van der Waals surface area contributed by atoms with E-state index in [0.29, 0.717) is 42.5 Å². The number of aromatic nitrogens is 2. The van der Waals surface area contributed by atoms with E-state index in [9.17, 15) is 27.6 Å². The minimum Gasteiger partial charge on any atom is -0.444 e. The number of allylic oxidation sites excluding steroid dienone is 1. The number of ether oxygens (including phenoxy) is 1. The molecule has 43 heavy (non-hydrogen) atoms. The third kappa shape index (κ3) is 7.01. The number of rotatable bonds is 5. The Morgan fingerprint density at radius 3 is 2.51 bits per heavy atom.